The van der Waals surface area contributed by atoms with Gasteiger partial charge < -0.3 is 9.80 Å². The highest BCUT2D eigenvalue weighted by molar-refractivity contribution is 6.32. The Morgan fingerprint density at radius 3 is 2.57 bits per heavy atom. The van der Waals surface area contributed by atoms with Crippen LogP contribution in [0.1, 0.15) is 23.1 Å². The van der Waals surface area contributed by atoms with Crippen LogP contribution in [-0.2, 0) is 12.7 Å². The van der Waals surface area contributed by atoms with Crippen molar-refractivity contribution < 1.29 is 13.2 Å². The van der Waals surface area contributed by atoms with E-state index in [4.69, 9.17) is 28.5 Å². The highest BCUT2D eigenvalue weighted by Gasteiger charge is 2.34. The van der Waals surface area contributed by atoms with Gasteiger partial charge >= 0.3 is 6.18 Å². The standard InChI is InChI=1S/C20H18Cl2F3N3/c1-27-8-7-16(12-27)28(15-6-5-13(10-26)18(21)9-15)11-14-3-2-4-17(19(14)22)20(23,24)25/h2-6,9,16H,7-8,11-12H2,1H3/t16-/m0/s1. The van der Waals surface area contributed by atoms with E-state index in [1.807, 2.05) is 18.0 Å². The summed E-state index contributed by atoms with van der Waals surface area (Å²) in [4.78, 5) is 4.18. The van der Waals surface area contributed by atoms with Gasteiger partial charge in [0.15, 0.2) is 0 Å². The van der Waals surface area contributed by atoms with E-state index in [9.17, 15) is 13.2 Å². The Hall–Kier alpha value is -1.94. The number of benzene rings is 2. The van der Waals surface area contributed by atoms with Crippen molar-refractivity contribution in [3.05, 3.63) is 63.1 Å². The lowest BCUT2D eigenvalue weighted by Crippen LogP contribution is -2.37. The first-order valence-corrected chi connectivity index (χ1v) is 9.45. The van der Waals surface area contributed by atoms with E-state index in [2.05, 4.69) is 4.90 Å². The Balaban J connectivity index is 2.00. The predicted octanol–water partition coefficient (Wildman–Crippen LogP) is 5.59. The Morgan fingerprint density at radius 1 is 1.25 bits per heavy atom. The SMILES string of the molecule is CN1CC[C@H](N(Cc2cccc(C(F)(F)F)c2Cl)c2ccc(C#N)c(Cl)c2)C1. The molecule has 0 unspecified atom stereocenters. The van der Waals surface area contributed by atoms with E-state index in [0.29, 0.717) is 16.1 Å². The van der Waals surface area contributed by atoms with Crippen molar-refractivity contribution in [1.82, 2.24) is 4.90 Å². The summed E-state index contributed by atoms with van der Waals surface area (Å²) >= 11 is 12.3. The minimum absolute atomic E-state index is 0.0969. The molecule has 1 fully saturated rings. The molecule has 0 bridgehead atoms. The zero-order valence-electron chi connectivity index (χ0n) is 15.1. The first-order valence-electron chi connectivity index (χ1n) is 8.70. The van der Waals surface area contributed by atoms with Crippen molar-refractivity contribution in [2.45, 2.75) is 25.2 Å². The molecule has 1 saturated heterocycles. The highest BCUT2D eigenvalue weighted by Crippen LogP contribution is 2.37. The molecule has 0 aliphatic carbocycles. The number of hydrogen-bond donors (Lipinski definition) is 0. The van der Waals surface area contributed by atoms with Crippen LogP contribution >= 0.6 is 23.2 Å². The van der Waals surface area contributed by atoms with Gasteiger partial charge in [-0.15, -0.1) is 0 Å². The maximum Gasteiger partial charge on any atom is 0.417 e. The summed E-state index contributed by atoms with van der Waals surface area (Å²) < 4.78 is 39.7. The summed E-state index contributed by atoms with van der Waals surface area (Å²) in [6, 6.07) is 11.1. The molecule has 0 saturated carbocycles. The Bertz CT molecular complexity index is 909. The van der Waals surface area contributed by atoms with Gasteiger partial charge in [0.2, 0.25) is 0 Å². The number of likely N-dealkylation sites (tertiary alicyclic amines) is 1. The lowest BCUT2D eigenvalue weighted by Gasteiger charge is -2.32. The first-order chi connectivity index (χ1) is 13.2. The minimum Gasteiger partial charge on any atom is -0.363 e. The van der Waals surface area contributed by atoms with Crippen molar-refractivity contribution in [1.29, 1.82) is 5.26 Å². The molecule has 2 aromatic rings. The second-order valence-corrected chi connectivity index (χ2v) is 7.67. The quantitative estimate of drug-likeness (QED) is 0.636. The van der Waals surface area contributed by atoms with Crippen LogP contribution in [0, 0.1) is 11.3 Å². The van der Waals surface area contributed by atoms with Gasteiger partial charge in [-0.3, -0.25) is 0 Å². The summed E-state index contributed by atoms with van der Waals surface area (Å²) in [6.07, 6.45) is -3.64. The molecule has 28 heavy (non-hydrogen) atoms. The van der Waals surface area contributed by atoms with E-state index in [1.54, 1.807) is 24.3 Å². The van der Waals surface area contributed by atoms with Crippen LogP contribution < -0.4 is 4.90 Å². The number of nitrogens with zero attached hydrogens (tertiary/aromatic N) is 3. The second-order valence-electron chi connectivity index (χ2n) is 6.89. The summed E-state index contributed by atoms with van der Waals surface area (Å²) in [5.74, 6) is 0. The number of likely N-dealkylation sites (N-methyl/N-ethyl adjacent to an activating group) is 1. The molecular formula is C20H18Cl2F3N3. The predicted molar refractivity (Wildman–Crippen MR) is 105 cm³/mol. The molecule has 3 nitrogen and oxygen atoms in total. The molecule has 0 radical (unpaired) electrons. The zero-order valence-corrected chi connectivity index (χ0v) is 16.6. The fourth-order valence-corrected chi connectivity index (χ4v) is 3.98. The van der Waals surface area contributed by atoms with Crippen molar-refractivity contribution in [3.63, 3.8) is 0 Å². The zero-order chi connectivity index (χ0) is 20.5. The molecule has 1 aliphatic rings. The molecule has 0 aromatic heterocycles. The third-order valence-corrected chi connectivity index (χ3v) is 5.70. The molecule has 0 amide bonds. The Morgan fingerprint density at radius 2 is 2.00 bits per heavy atom. The van der Waals surface area contributed by atoms with Crippen LogP contribution in [0.25, 0.3) is 0 Å². The molecule has 1 aliphatic heterocycles. The van der Waals surface area contributed by atoms with Gasteiger partial charge in [0.05, 0.1) is 21.2 Å². The van der Waals surface area contributed by atoms with Gasteiger partial charge in [-0.25, -0.2) is 0 Å². The molecule has 0 spiro atoms. The lowest BCUT2D eigenvalue weighted by atomic mass is 10.1. The van der Waals surface area contributed by atoms with Crippen LogP contribution in [-0.4, -0.2) is 31.1 Å². The van der Waals surface area contributed by atoms with Gasteiger partial charge in [0.1, 0.15) is 6.07 Å². The molecule has 2 aromatic carbocycles. The molecule has 0 N–H and O–H groups in total. The average Bonchev–Trinajstić information content (AvgIpc) is 3.06. The lowest BCUT2D eigenvalue weighted by molar-refractivity contribution is -0.137. The molecule has 8 heteroatoms. The van der Waals surface area contributed by atoms with Crippen molar-refractivity contribution in [3.8, 4) is 6.07 Å². The minimum atomic E-state index is -4.51. The third kappa shape index (κ3) is 4.38. The first kappa shape index (κ1) is 20.8. The molecule has 3 rings (SSSR count). The number of halogens is 5. The van der Waals surface area contributed by atoms with Gasteiger partial charge in [-0.2, -0.15) is 18.4 Å². The highest BCUT2D eigenvalue weighted by atomic mass is 35.5. The smallest absolute Gasteiger partial charge is 0.363 e. The van der Waals surface area contributed by atoms with Crippen molar-refractivity contribution in [2.75, 3.05) is 25.0 Å². The Labute approximate surface area is 171 Å². The number of nitriles is 1. The fourth-order valence-electron chi connectivity index (χ4n) is 3.48. The number of hydrogen-bond acceptors (Lipinski definition) is 3. The average molecular weight is 428 g/mol. The molecular weight excluding hydrogens is 410 g/mol. The van der Waals surface area contributed by atoms with Crippen molar-refractivity contribution >= 4 is 28.9 Å². The number of rotatable bonds is 4. The topological polar surface area (TPSA) is 30.3 Å². The Kier molecular flexibility index (Phi) is 6.09. The summed E-state index contributed by atoms with van der Waals surface area (Å²) in [5, 5.41) is 9.12. The summed E-state index contributed by atoms with van der Waals surface area (Å²) in [5.41, 5.74) is 0.656. The van der Waals surface area contributed by atoms with Crippen LogP contribution in [0.4, 0.5) is 18.9 Å². The van der Waals surface area contributed by atoms with Crippen LogP contribution in [0.3, 0.4) is 0 Å². The number of alkyl halides is 3. The largest absolute Gasteiger partial charge is 0.417 e. The number of anilines is 1. The van der Waals surface area contributed by atoms with Gasteiger partial charge in [-0.1, -0.05) is 35.3 Å². The molecule has 1 atom stereocenters. The maximum absolute atomic E-state index is 13.2. The third-order valence-electron chi connectivity index (χ3n) is 4.94. The molecule has 148 valence electrons. The second kappa shape index (κ2) is 8.20. The fraction of sp³-hybridized carbons (Fsp3) is 0.350. The van der Waals surface area contributed by atoms with Crippen LogP contribution in [0.15, 0.2) is 36.4 Å². The summed E-state index contributed by atoms with van der Waals surface area (Å²) in [7, 11) is 2.00. The van der Waals surface area contributed by atoms with Crippen LogP contribution in [0.2, 0.25) is 10.0 Å². The monoisotopic (exact) mass is 427 g/mol. The molecule has 1 heterocycles. The van der Waals surface area contributed by atoms with E-state index >= 15 is 0 Å². The van der Waals surface area contributed by atoms with E-state index in [1.165, 1.54) is 6.07 Å². The van der Waals surface area contributed by atoms with Crippen LogP contribution in [0.5, 0.6) is 0 Å². The van der Waals surface area contributed by atoms with Gasteiger partial charge in [0, 0.05) is 24.8 Å². The van der Waals surface area contributed by atoms with Crippen molar-refractivity contribution in [2.24, 2.45) is 0 Å². The van der Waals surface area contributed by atoms with Gasteiger partial charge in [-0.05, 0) is 49.8 Å². The van der Waals surface area contributed by atoms with E-state index < -0.39 is 11.7 Å². The van der Waals surface area contributed by atoms with E-state index in [-0.39, 0.29) is 17.6 Å². The maximum atomic E-state index is 13.2. The normalized spacial score (nSPS) is 17.5. The van der Waals surface area contributed by atoms with E-state index in [0.717, 1.165) is 31.3 Å². The summed E-state index contributed by atoms with van der Waals surface area (Å²) in [6.45, 7) is 1.87. The van der Waals surface area contributed by atoms with Gasteiger partial charge in [0.25, 0.3) is 0 Å².